The highest BCUT2D eigenvalue weighted by Crippen LogP contribution is 2.34. The van der Waals surface area contributed by atoms with Gasteiger partial charge in [-0.2, -0.15) is 0 Å². The number of hydrogen-bond acceptors (Lipinski definition) is 4. The number of carbonyl (C=O) groups is 2. The van der Waals surface area contributed by atoms with Crippen molar-refractivity contribution >= 4 is 35.0 Å². The van der Waals surface area contributed by atoms with E-state index < -0.39 is 5.25 Å². The highest BCUT2D eigenvalue weighted by Gasteiger charge is 2.40. The van der Waals surface area contributed by atoms with Gasteiger partial charge in [-0.05, 0) is 37.3 Å². The van der Waals surface area contributed by atoms with Crippen LogP contribution in [0.1, 0.15) is 12.0 Å². The Morgan fingerprint density at radius 3 is 2.55 bits per heavy atom. The van der Waals surface area contributed by atoms with E-state index in [2.05, 4.69) is 0 Å². The zero-order valence-electron chi connectivity index (χ0n) is 12.2. The molecule has 0 saturated carbocycles. The molecule has 1 saturated heterocycles. The van der Waals surface area contributed by atoms with E-state index in [1.165, 1.54) is 16.7 Å². The summed E-state index contributed by atoms with van der Waals surface area (Å²) in [5, 5.41) is -0.393. The van der Waals surface area contributed by atoms with E-state index >= 15 is 0 Å². The zero-order valence-corrected chi connectivity index (χ0v) is 13.0. The van der Waals surface area contributed by atoms with Crippen molar-refractivity contribution in [1.29, 1.82) is 0 Å². The van der Waals surface area contributed by atoms with Crippen molar-refractivity contribution in [3.05, 3.63) is 54.1 Å². The first-order valence-electron chi connectivity index (χ1n) is 7.00. The van der Waals surface area contributed by atoms with Crippen LogP contribution in [0.4, 0.5) is 11.4 Å². The van der Waals surface area contributed by atoms with Crippen LogP contribution in [-0.4, -0.2) is 17.1 Å². The summed E-state index contributed by atoms with van der Waals surface area (Å²) >= 11 is 1.39. The molecule has 22 heavy (non-hydrogen) atoms. The van der Waals surface area contributed by atoms with E-state index in [4.69, 9.17) is 5.73 Å². The second kappa shape index (κ2) is 5.85. The van der Waals surface area contributed by atoms with Gasteiger partial charge in [-0.25, -0.2) is 4.90 Å². The van der Waals surface area contributed by atoms with E-state index in [1.807, 2.05) is 37.3 Å². The molecular weight excluding hydrogens is 296 g/mol. The number of rotatable bonds is 3. The lowest BCUT2D eigenvalue weighted by molar-refractivity contribution is -0.121. The quantitative estimate of drug-likeness (QED) is 0.699. The number of nitrogens with zero attached hydrogens (tertiary/aromatic N) is 1. The maximum Gasteiger partial charge on any atom is 0.247 e. The van der Waals surface area contributed by atoms with Crippen LogP contribution < -0.4 is 10.6 Å². The molecule has 1 heterocycles. The minimum atomic E-state index is -0.393. The van der Waals surface area contributed by atoms with E-state index in [-0.39, 0.29) is 18.2 Å². The molecule has 2 N–H and O–H groups in total. The Morgan fingerprint density at radius 1 is 1.14 bits per heavy atom. The molecular formula is C17H16N2O2S. The van der Waals surface area contributed by atoms with Crippen molar-refractivity contribution in [1.82, 2.24) is 0 Å². The number of imide groups is 1. The monoisotopic (exact) mass is 312 g/mol. The molecule has 1 atom stereocenters. The van der Waals surface area contributed by atoms with Crippen molar-refractivity contribution in [2.75, 3.05) is 10.6 Å². The summed E-state index contributed by atoms with van der Waals surface area (Å²) < 4.78 is 0. The predicted molar refractivity (Wildman–Crippen MR) is 88.8 cm³/mol. The molecule has 2 amide bonds. The highest BCUT2D eigenvalue weighted by atomic mass is 32.2. The Balaban J connectivity index is 1.81. The molecule has 1 aliphatic rings. The van der Waals surface area contributed by atoms with Gasteiger partial charge in [-0.1, -0.05) is 23.8 Å². The number of anilines is 2. The molecule has 3 rings (SSSR count). The summed E-state index contributed by atoms with van der Waals surface area (Å²) in [5.74, 6) is -0.323. The van der Waals surface area contributed by atoms with Gasteiger partial charge in [0.25, 0.3) is 0 Å². The summed E-state index contributed by atoms with van der Waals surface area (Å²) in [7, 11) is 0. The number of amides is 2. The molecule has 4 nitrogen and oxygen atoms in total. The minimum absolute atomic E-state index is 0.157. The standard InChI is InChI=1S/C17H16N2O2S/c1-11-5-7-13(8-6-11)19-16(20)10-15(17(19)21)22-14-4-2-3-12(18)9-14/h2-9,15H,10,18H2,1H3. The molecule has 1 unspecified atom stereocenters. The van der Waals surface area contributed by atoms with Gasteiger partial charge >= 0.3 is 0 Å². The minimum Gasteiger partial charge on any atom is -0.399 e. The lowest BCUT2D eigenvalue weighted by Gasteiger charge is -2.15. The third-order valence-corrected chi connectivity index (χ3v) is 4.71. The number of benzene rings is 2. The second-order valence-corrected chi connectivity index (χ2v) is 6.56. The Hall–Kier alpha value is -2.27. The molecule has 0 aliphatic carbocycles. The summed E-state index contributed by atoms with van der Waals surface area (Å²) in [6.45, 7) is 1.97. The number of thioether (sulfide) groups is 1. The van der Waals surface area contributed by atoms with Crippen LogP contribution in [0.5, 0.6) is 0 Å². The van der Waals surface area contributed by atoms with Crippen LogP contribution in [-0.2, 0) is 9.59 Å². The normalized spacial score (nSPS) is 18.0. The third-order valence-electron chi connectivity index (χ3n) is 3.53. The van der Waals surface area contributed by atoms with Crippen LogP contribution in [0.15, 0.2) is 53.4 Å². The van der Waals surface area contributed by atoms with Gasteiger partial charge in [-0.3, -0.25) is 9.59 Å². The highest BCUT2D eigenvalue weighted by molar-refractivity contribution is 8.00. The van der Waals surface area contributed by atoms with Crippen molar-refractivity contribution in [2.24, 2.45) is 0 Å². The summed E-state index contributed by atoms with van der Waals surface area (Å²) in [4.78, 5) is 26.9. The third kappa shape index (κ3) is 2.85. The number of carbonyl (C=O) groups excluding carboxylic acids is 2. The smallest absolute Gasteiger partial charge is 0.247 e. The second-order valence-electron chi connectivity index (χ2n) is 5.29. The molecule has 2 aromatic carbocycles. The van der Waals surface area contributed by atoms with E-state index in [0.29, 0.717) is 11.4 Å². The van der Waals surface area contributed by atoms with Crippen LogP contribution in [0.3, 0.4) is 0 Å². The molecule has 1 fully saturated rings. The average molecular weight is 312 g/mol. The van der Waals surface area contributed by atoms with Crippen LogP contribution in [0.2, 0.25) is 0 Å². The number of hydrogen-bond donors (Lipinski definition) is 1. The molecule has 0 spiro atoms. The molecule has 0 aromatic heterocycles. The Bertz CT molecular complexity index is 728. The summed E-state index contributed by atoms with van der Waals surface area (Å²) in [6.07, 6.45) is 0.214. The summed E-state index contributed by atoms with van der Waals surface area (Å²) in [5.41, 5.74) is 8.13. The molecule has 0 radical (unpaired) electrons. The maximum absolute atomic E-state index is 12.5. The Labute approximate surface area is 133 Å². The van der Waals surface area contributed by atoms with Gasteiger partial charge in [0, 0.05) is 17.0 Å². The first-order chi connectivity index (χ1) is 10.5. The lowest BCUT2D eigenvalue weighted by Crippen LogP contribution is -2.31. The van der Waals surface area contributed by atoms with E-state index in [9.17, 15) is 9.59 Å². The first kappa shape index (κ1) is 14.7. The average Bonchev–Trinajstić information content (AvgIpc) is 2.75. The van der Waals surface area contributed by atoms with Gasteiger partial charge in [0.2, 0.25) is 11.8 Å². The Kier molecular flexibility index (Phi) is 3.90. The predicted octanol–water partition coefficient (Wildman–Crippen LogP) is 3.00. The van der Waals surface area contributed by atoms with Gasteiger partial charge in [0.15, 0.2) is 0 Å². The maximum atomic E-state index is 12.5. The van der Waals surface area contributed by atoms with Crippen molar-refractivity contribution < 1.29 is 9.59 Å². The van der Waals surface area contributed by atoms with E-state index in [0.717, 1.165) is 10.5 Å². The zero-order chi connectivity index (χ0) is 15.7. The molecule has 5 heteroatoms. The summed E-state index contributed by atoms with van der Waals surface area (Å²) in [6, 6.07) is 14.8. The van der Waals surface area contributed by atoms with Crippen molar-refractivity contribution in [2.45, 2.75) is 23.5 Å². The number of nitrogens with two attached hydrogens (primary N) is 1. The van der Waals surface area contributed by atoms with Crippen molar-refractivity contribution in [3.63, 3.8) is 0 Å². The first-order valence-corrected chi connectivity index (χ1v) is 7.88. The van der Waals surface area contributed by atoms with Gasteiger partial charge in [-0.15, -0.1) is 11.8 Å². The fourth-order valence-electron chi connectivity index (χ4n) is 2.41. The van der Waals surface area contributed by atoms with Crippen LogP contribution in [0.25, 0.3) is 0 Å². The topological polar surface area (TPSA) is 63.4 Å². The van der Waals surface area contributed by atoms with Crippen molar-refractivity contribution in [3.8, 4) is 0 Å². The van der Waals surface area contributed by atoms with E-state index in [1.54, 1.807) is 18.2 Å². The molecule has 0 bridgehead atoms. The Morgan fingerprint density at radius 2 is 1.86 bits per heavy atom. The molecule has 2 aromatic rings. The largest absolute Gasteiger partial charge is 0.399 e. The van der Waals surface area contributed by atoms with Crippen LogP contribution >= 0.6 is 11.8 Å². The van der Waals surface area contributed by atoms with Crippen LogP contribution in [0, 0.1) is 6.92 Å². The SMILES string of the molecule is Cc1ccc(N2C(=O)CC(Sc3cccc(N)c3)C2=O)cc1. The molecule has 112 valence electrons. The molecule has 1 aliphatic heterocycles. The fourth-order valence-corrected chi connectivity index (χ4v) is 3.54. The van der Waals surface area contributed by atoms with Gasteiger partial charge < -0.3 is 5.73 Å². The fraction of sp³-hybridized carbons (Fsp3) is 0.176. The number of aryl methyl sites for hydroxylation is 1. The number of nitrogen functional groups attached to an aromatic ring is 1. The van der Waals surface area contributed by atoms with Gasteiger partial charge in [0.05, 0.1) is 10.9 Å². The lowest BCUT2D eigenvalue weighted by atomic mass is 10.2. The van der Waals surface area contributed by atoms with Gasteiger partial charge in [0.1, 0.15) is 0 Å².